The molecule has 3 rings (SSSR count). The number of carbonyl (C=O) groups excluding carboxylic acids is 2. The van der Waals surface area contributed by atoms with Crippen molar-refractivity contribution in [3.05, 3.63) is 77.9 Å². The number of anilines is 1. The van der Waals surface area contributed by atoms with Crippen LogP contribution in [0.4, 0.5) is 5.69 Å². The highest BCUT2D eigenvalue weighted by Crippen LogP contribution is 2.34. The van der Waals surface area contributed by atoms with Gasteiger partial charge >= 0.3 is 0 Å². The van der Waals surface area contributed by atoms with Gasteiger partial charge in [0.25, 0.3) is 10.0 Å². The van der Waals surface area contributed by atoms with Crippen LogP contribution >= 0.6 is 0 Å². The van der Waals surface area contributed by atoms with Crippen LogP contribution in [0.2, 0.25) is 0 Å². The molecule has 0 heterocycles. The lowest BCUT2D eigenvalue weighted by atomic mass is 10.1. The average Bonchev–Trinajstić information content (AvgIpc) is 2.97. The Labute approximate surface area is 235 Å². The maximum Gasteiger partial charge on any atom is 0.264 e. The van der Waals surface area contributed by atoms with Gasteiger partial charge < -0.3 is 24.4 Å². The molecule has 0 saturated carbocycles. The van der Waals surface area contributed by atoms with Gasteiger partial charge in [-0.05, 0) is 55.8 Å². The number of hydrogen-bond acceptors (Lipinski definition) is 7. The molecule has 0 bridgehead atoms. The molecule has 0 unspecified atom stereocenters. The molecular weight excluding hydrogens is 534 g/mol. The molecule has 3 aromatic rings. The number of carbonyl (C=O) groups is 2. The van der Waals surface area contributed by atoms with Crippen LogP contribution in [0.1, 0.15) is 18.1 Å². The molecule has 1 N–H and O–H groups in total. The van der Waals surface area contributed by atoms with Gasteiger partial charge in [0.15, 0.2) is 11.5 Å². The van der Waals surface area contributed by atoms with Crippen molar-refractivity contribution < 1.29 is 32.2 Å². The second-order valence-corrected chi connectivity index (χ2v) is 10.9. The summed E-state index contributed by atoms with van der Waals surface area (Å²) in [6.45, 7) is 2.92. The summed E-state index contributed by atoms with van der Waals surface area (Å²) in [6.07, 6.45) is 0. The number of methoxy groups -OCH3 is 3. The number of aryl methyl sites for hydroxylation is 1. The summed E-state index contributed by atoms with van der Waals surface area (Å²) in [7, 11) is 1.71. The van der Waals surface area contributed by atoms with E-state index >= 15 is 0 Å². The van der Waals surface area contributed by atoms with E-state index < -0.39 is 34.4 Å². The molecule has 0 aliphatic carbocycles. The fourth-order valence-corrected chi connectivity index (χ4v) is 5.51. The van der Waals surface area contributed by atoms with Gasteiger partial charge in [-0.15, -0.1) is 0 Å². The summed E-state index contributed by atoms with van der Waals surface area (Å²) in [6, 6.07) is 17.2. The molecule has 40 heavy (non-hydrogen) atoms. The quantitative estimate of drug-likeness (QED) is 0.356. The van der Waals surface area contributed by atoms with Crippen LogP contribution in [0.5, 0.6) is 17.2 Å². The fourth-order valence-electron chi connectivity index (χ4n) is 4.11. The number of benzene rings is 3. The summed E-state index contributed by atoms with van der Waals surface area (Å²) >= 11 is 0. The van der Waals surface area contributed by atoms with E-state index in [1.807, 2.05) is 6.92 Å². The van der Waals surface area contributed by atoms with Gasteiger partial charge in [0.2, 0.25) is 11.8 Å². The first-order valence-electron chi connectivity index (χ1n) is 12.5. The highest BCUT2D eigenvalue weighted by atomic mass is 32.2. The molecule has 0 fully saturated rings. The van der Waals surface area contributed by atoms with Crippen molar-refractivity contribution in [2.24, 2.45) is 0 Å². The molecule has 0 aromatic heterocycles. The third kappa shape index (κ3) is 6.84. The van der Waals surface area contributed by atoms with Crippen molar-refractivity contribution in [1.29, 1.82) is 0 Å². The Morgan fingerprint density at radius 3 is 2.17 bits per heavy atom. The highest BCUT2D eigenvalue weighted by molar-refractivity contribution is 7.92. The average molecular weight is 570 g/mol. The fraction of sp³-hybridized carbons (Fsp3) is 0.310. The van der Waals surface area contributed by atoms with Crippen LogP contribution in [-0.4, -0.2) is 66.1 Å². The molecule has 1 atom stereocenters. The molecule has 0 spiro atoms. The van der Waals surface area contributed by atoms with E-state index in [9.17, 15) is 18.0 Å². The first-order valence-corrected chi connectivity index (χ1v) is 13.9. The Morgan fingerprint density at radius 2 is 1.57 bits per heavy atom. The molecule has 214 valence electrons. The maximum atomic E-state index is 13.9. The number of likely N-dealkylation sites (N-methyl/N-ethyl adjacent to an activating group) is 1. The number of ether oxygens (including phenoxy) is 3. The van der Waals surface area contributed by atoms with Gasteiger partial charge in [0.05, 0.1) is 31.9 Å². The van der Waals surface area contributed by atoms with Gasteiger partial charge in [-0.1, -0.05) is 29.8 Å². The molecular formula is C29H35N3O7S. The zero-order valence-electron chi connectivity index (χ0n) is 23.5. The summed E-state index contributed by atoms with van der Waals surface area (Å²) in [5.41, 5.74) is 1.79. The number of rotatable bonds is 12. The van der Waals surface area contributed by atoms with Gasteiger partial charge in [0, 0.05) is 19.7 Å². The van der Waals surface area contributed by atoms with Crippen molar-refractivity contribution >= 4 is 27.5 Å². The smallest absolute Gasteiger partial charge is 0.264 e. The first kappa shape index (κ1) is 30.3. The Bertz CT molecular complexity index is 1440. The summed E-state index contributed by atoms with van der Waals surface area (Å²) in [4.78, 5) is 27.9. The Balaban J connectivity index is 2.09. The van der Waals surface area contributed by atoms with E-state index in [2.05, 4.69) is 5.32 Å². The lowest BCUT2D eigenvalue weighted by Gasteiger charge is -2.32. The van der Waals surface area contributed by atoms with E-state index in [-0.39, 0.29) is 17.1 Å². The van der Waals surface area contributed by atoms with Gasteiger partial charge in [-0.2, -0.15) is 0 Å². The Hall–Kier alpha value is -4.25. The number of amides is 2. The maximum absolute atomic E-state index is 13.9. The molecule has 10 nitrogen and oxygen atoms in total. The lowest BCUT2D eigenvalue weighted by molar-refractivity contribution is -0.139. The predicted octanol–water partition coefficient (Wildman–Crippen LogP) is 3.38. The minimum Gasteiger partial charge on any atom is -0.497 e. The second-order valence-electron chi connectivity index (χ2n) is 9.03. The van der Waals surface area contributed by atoms with Crippen LogP contribution in [-0.2, 0) is 26.2 Å². The van der Waals surface area contributed by atoms with E-state index in [0.717, 1.165) is 9.87 Å². The number of hydrogen-bond donors (Lipinski definition) is 1. The standard InChI is InChI=1S/C29H35N3O7S/c1-20-10-13-25(14-11-20)40(35,36)32(23-12-15-26(38-5)27(17-23)39-6)19-28(33)31(21(2)29(34)30-3)18-22-8-7-9-24(16-22)37-4/h7-17,21H,18-19H2,1-6H3,(H,30,34)/t21-/m0/s1. The predicted molar refractivity (Wildman–Crippen MR) is 152 cm³/mol. The largest absolute Gasteiger partial charge is 0.497 e. The first-order chi connectivity index (χ1) is 19.0. The van der Waals surface area contributed by atoms with Crippen molar-refractivity contribution in [2.75, 3.05) is 39.2 Å². The highest BCUT2D eigenvalue weighted by Gasteiger charge is 2.32. The van der Waals surface area contributed by atoms with Gasteiger partial charge in [-0.25, -0.2) is 8.42 Å². The number of sulfonamides is 1. The van der Waals surface area contributed by atoms with Crippen molar-refractivity contribution in [1.82, 2.24) is 10.2 Å². The van der Waals surface area contributed by atoms with Crippen LogP contribution in [0.25, 0.3) is 0 Å². The molecule has 3 aromatic carbocycles. The Kier molecular flexibility index (Phi) is 10.0. The van der Waals surface area contributed by atoms with Crippen molar-refractivity contribution in [3.63, 3.8) is 0 Å². The minimum atomic E-state index is -4.21. The third-order valence-corrected chi connectivity index (χ3v) is 8.23. The minimum absolute atomic E-state index is 0.0133. The van der Waals surface area contributed by atoms with Crippen molar-refractivity contribution in [2.45, 2.75) is 31.3 Å². The zero-order chi connectivity index (χ0) is 29.4. The van der Waals surface area contributed by atoms with Gasteiger partial charge in [-0.3, -0.25) is 13.9 Å². The number of nitrogens with one attached hydrogen (secondary N) is 1. The monoisotopic (exact) mass is 569 g/mol. The zero-order valence-corrected chi connectivity index (χ0v) is 24.3. The van der Waals surface area contributed by atoms with E-state index in [4.69, 9.17) is 14.2 Å². The van der Waals surface area contributed by atoms with Crippen LogP contribution in [0.15, 0.2) is 71.6 Å². The molecule has 0 aliphatic rings. The molecule has 2 amide bonds. The second kappa shape index (κ2) is 13.2. The molecule has 0 saturated heterocycles. The van der Waals surface area contributed by atoms with Crippen LogP contribution in [0.3, 0.4) is 0 Å². The van der Waals surface area contributed by atoms with E-state index in [1.54, 1.807) is 49.4 Å². The van der Waals surface area contributed by atoms with Crippen LogP contribution in [0, 0.1) is 6.92 Å². The van der Waals surface area contributed by atoms with E-state index in [0.29, 0.717) is 22.8 Å². The summed E-state index contributed by atoms with van der Waals surface area (Å²) in [5, 5.41) is 2.56. The van der Waals surface area contributed by atoms with Gasteiger partial charge in [0.1, 0.15) is 18.3 Å². The van der Waals surface area contributed by atoms with Crippen molar-refractivity contribution in [3.8, 4) is 17.2 Å². The Morgan fingerprint density at radius 1 is 0.900 bits per heavy atom. The summed E-state index contributed by atoms with van der Waals surface area (Å²) < 4.78 is 44.9. The number of nitrogens with zero attached hydrogens (tertiary/aromatic N) is 2. The summed E-state index contributed by atoms with van der Waals surface area (Å²) in [5.74, 6) is 0.313. The van der Waals surface area contributed by atoms with Crippen LogP contribution < -0.4 is 23.8 Å². The molecule has 0 aliphatic heterocycles. The SMILES string of the molecule is CNC(=O)[C@H](C)N(Cc1cccc(OC)c1)C(=O)CN(c1ccc(OC)c(OC)c1)S(=O)(=O)c1ccc(C)cc1. The van der Waals surface area contributed by atoms with E-state index in [1.165, 1.54) is 57.5 Å². The lowest BCUT2D eigenvalue weighted by Crippen LogP contribution is -2.50. The molecule has 0 radical (unpaired) electrons. The third-order valence-electron chi connectivity index (χ3n) is 6.44. The molecule has 11 heteroatoms. The topological polar surface area (TPSA) is 114 Å². The normalized spacial score (nSPS) is 11.8.